The smallest absolute Gasteiger partial charge is 0.234 e. The van der Waals surface area contributed by atoms with Gasteiger partial charge in [-0.2, -0.15) is 0 Å². The zero-order valence-corrected chi connectivity index (χ0v) is 11.9. The molecule has 0 heterocycles. The van der Waals surface area contributed by atoms with Gasteiger partial charge in [-0.3, -0.25) is 9.69 Å². The fourth-order valence-electron chi connectivity index (χ4n) is 1.51. The average Bonchev–Trinajstić information content (AvgIpc) is 2.33. The molecule has 0 saturated heterocycles. The van der Waals surface area contributed by atoms with Gasteiger partial charge in [-0.1, -0.05) is 13.3 Å². The van der Waals surface area contributed by atoms with Crippen LogP contribution in [-0.4, -0.2) is 61.4 Å². The molecule has 0 aromatic rings. The van der Waals surface area contributed by atoms with Crippen LogP contribution in [0.3, 0.4) is 0 Å². The van der Waals surface area contributed by atoms with Crippen molar-refractivity contribution in [3.63, 3.8) is 0 Å². The van der Waals surface area contributed by atoms with E-state index in [0.717, 1.165) is 19.4 Å². The van der Waals surface area contributed by atoms with Crippen molar-refractivity contribution in [2.75, 3.05) is 39.5 Å². The van der Waals surface area contributed by atoms with E-state index in [4.69, 9.17) is 9.84 Å². The van der Waals surface area contributed by atoms with E-state index in [1.165, 1.54) is 0 Å². The molecule has 108 valence electrons. The number of unbranched alkanes of at least 4 members (excludes halogenated alkanes) is 1. The first kappa shape index (κ1) is 17.4. The number of carbonyl (C=O) groups excluding carboxylic acids is 1. The molecule has 0 aliphatic rings. The number of ether oxygens (including phenoxy) is 1. The first-order chi connectivity index (χ1) is 8.61. The Kier molecular flexibility index (Phi) is 11.0. The normalized spacial score (nSPS) is 11.2. The van der Waals surface area contributed by atoms with Crippen LogP contribution in [0.4, 0.5) is 0 Å². The van der Waals surface area contributed by atoms with E-state index < -0.39 is 0 Å². The summed E-state index contributed by atoms with van der Waals surface area (Å²) in [7, 11) is 0. The van der Waals surface area contributed by atoms with E-state index >= 15 is 0 Å². The van der Waals surface area contributed by atoms with E-state index in [-0.39, 0.29) is 12.5 Å². The molecule has 1 amide bonds. The van der Waals surface area contributed by atoms with Gasteiger partial charge in [-0.25, -0.2) is 0 Å². The predicted octanol–water partition coefficient (Wildman–Crippen LogP) is 0.622. The Morgan fingerprint density at radius 1 is 1.39 bits per heavy atom. The van der Waals surface area contributed by atoms with Crippen LogP contribution in [0.25, 0.3) is 0 Å². The summed E-state index contributed by atoms with van der Waals surface area (Å²) in [6.45, 7) is 9.03. The van der Waals surface area contributed by atoms with Gasteiger partial charge in [-0.05, 0) is 20.3 Å². The average molecular weight is 260 g/mol. The maximum Gasteiger partial charge on any atom is 0.234 e. The van der Waals surface area contributed by atoms with E-state index in [0.29, 0.717) is 32.3 Å². The fraction of sp³-hybridized carbons (Fsp3) is 0.923. The van der Waals surface area contributed by atoms with Gasteiger partial charge < -0.3 is 15.2 Å². The zero-order valence-electron chi connectivity index (χ0n) is 11.9. The first-order valence-electron chi connectivity index (χ1n) is 6.81. The number of aliphatic hydroxyl groups is 1. The minimum absolute atomic E-state index is 0.0409. The number of amides is 1. The van der Waals surface area contributed by atoms with Gasteiger partial charge in [0, 0.05) is 19.1 Å². The van der Waals surface area contributed by atoms with E-state index in [9.17, 15) is 4.79 Å². The van der Waals surface area contributed by atoms with Crippen molar-refractivity contribution in [2.45, 2.75) is 39.7 Å². The van der Waals surface area contributed by atoms with Gasteiger partial charge in [-0.15, -0.1) is 0 Å². The summed E-state index contributed by atoms with van der Waals surface area (Å²) in [6, 6.07) is 0.305. The molecule has 0 atom stereocenters. The number of aliphatic hydroxyl groups excluding tert-OH is 1. The lowest BCUT2D eigenvalue weighted by molar-refractivity contribution is -0.122. The molecule has 0 aromatic carbocycles. The molecule has 5 nitrogen and oxygen atoms in total. The Hall–Kier alpha value is -0.650. The van der Waals surface area contributed by atoms with Gasteiger partial charge in [0.05, 0.1) is 26.4 Å². The summed E-state index contributed by atoms with van der Waals surface area (Å²) < 4.78 is 5.22. The molecule has 0 radical (unpaired) electrons. The van der Waals surface area contributed by atoms with Crippen LogP contribution in [-0.2, 0) is 9.53 Å². The maximum absolute atomic E-state index is 11.7. The van der Waals surface area contributed by atoms with Crippen molar-refractivity contribution in [3.8, 4) is 0 Å². The first-order valence-corrected chi connectivity index (χ1v) is 6.81. The molecule has 0 saturated carbocycles. The molecule has 0 aromatic heterocycles. The molecule has 5 heteroatoms. The number of hydrogen-bond acceptors (Lipinski definition) is 4. The summed E-state index contributed by atoms with van der Waals surface area (Å²) in [5, 5.41) is 11.5. The third kappa shape index (κ3) is 9.39. The lowest BCUT2D eigenvalue weighted by atomic mass is 10.3. The van der Waals surface area contributed by atoms with Crippen molar-refractivity contribution in [1.82, 2.24) is 10.2 Å². The van der Waals surface area contributed by atoms with Gasteiger partial charge in [0.1, 0.15) is 0 Å². The monoisotopic (exact) mass is 260 g/mol. The Balaban J connectivity index is 3.84. The third-order valence-electron chi connectivity index (χ3n) is 2.69. The third-order valence-corrected chi connectivity index (χ3v) is 2.69. The summed E-state index contributed by atoms with van der Waals surface area (Å²) >= 11 is 0. The standard InChI is InChI=1S/C13H28N2O3/c1-4-5-6-14-13(17)11-15(12(2)3)7-9-18-10-8-16/h12,16H,4-11H2,1-3H3,(H,14,17). The SMILES string of the molecule is CCCCNC(=O)CN(CCOCCO)C(C)C. The van der Waals surface area contributed by atoms with Gasteiger partial charge in [0.2, 0.25) is 5.91 Å². The highest BCUT2D eigenvalue weighted by atomic mass is 16.5. The van der Waals surface area contributed by atoms with Crippen molar-refractivity contribution in [3.05, 3.63) is 0 Å². The van der Waals surface area contributed by atoms with Crippen molar-refractivity contribution in [1.29, 1.82) is 0 Å². The van der Waals surface area contributed by atoms with E-state index in [2.05, 4.69) is 31.0 Å². The molecule has 0 aliphatic heterocycles. The largest absolute Gasteiger partial charge is 0.394 e. The highest BCUT2D eigenvalue weighted by molar-refractivity contribution is 5.77. The van der Waals surface area contributed by atoms with Crippen LogP contribution in [0.2, 0.25) is 0 Å². The molecular formula is C13H28N2O3. The maximum atomic E-state index is 11.7. The minimum atomic E-state index is 0.0409. The van der Waals surface area contributed by atoms with Crippen LogP contribution < -0.4 is 5.32 Å². The van der Waals surface area contributed by atoms with E-state index in [1.54, 1.807) is 0 Å². The second-order valence-electron chi connectivity index (χ2n) is 4.60. The summed E-state index contributed by atoms with van der Waals surface area (Å²) in [5.41, 5.74) is 0. The van der Waals surface area contributed by atoms with Crippen molar-refractivity contribution < 1.29 is 14.6 Å². The molecular weight excluding hydrogens is 232 g/mol. The summed E-state index contributed by atoms with van der Waals surface area (Å²) in [5.74, 6) is 0.0688. The Bertz CT molecular complexity index is 210. The molecule has 0 unspecified atom stereocenters. The number of nitrogens with zero attached hydrogens (tertiary/aromatic N) is 1. The van der Waals surface area contributed by atoms with Crippen LogP contribution >= 0.6 is 0 Å². The molecule has 0 spiro atoms. The molecule has 2 N–H and O–H groups in total. The van der Waals surface area contributed by atoms with Crippen LogP contribution in [0, 0.1) is 0 Å². The molecule has 0 bridgehead atoms. The molecule has 18 heavy (non-hydrogen) atoms. The minimum Gasteiger partial charge on any atom is -0.394 e. The Labute approximate surface area is 110 Å². The predicted molar refractivity (Wildman–Crippen MR) is 72.5 cm³/mol. The van der Waals surface area contributed by atoms with Gasteiger partial charge in [0.25, 0.3) is 0 Å². The van der Waals surface area contributed by atoms with Crippen LogP contribution in [0.15, 0.2) is 0 Å². The topological polar surface area (TPSA) is 61.8 Å². The lowest BCUT2D eigenvalue weighted by Gasteiger charge is -2.25. The summed E-state index contributed by atoms with van der Waals surface area (Å²) in [4.78, 5) is 13.8. The van der Waals surface area contributed by atoms with Crippen molar-refractivity contribution >= 4 is 5.91 Å². The van der Waals surface area contributed by atoms with Crippen LogP contribution in [0.5, 0.6) is 0 Å². The highest BCUT2D eigenvalue weighted by Gasteiger charge is 2.13. The van der Waals surface area contributed by atoms with Crippen molar-refractivity contribution in [2.24, 2.45) is 0 Å². The Morgan fingerprint density at radius 3 is 2.67 bits per heavy atom. The summed E-state index contributed by atoms with van der Waals surface area (Å²) in [6.07, 6.45) is 2.11. The highest BCUT2D eigenvalue weighted by Crippen LogP contribution is 1.97. The number of nitrogens with one attached hydrogen (secondary N) is 1. The quantitative estimate of drug-likeness (QED) is 0.535. The second kappa shape index (κ2) is 11.4. The molecule has 0 rings (SSSR count). The fourth-order valence-corrected chi connectivity index (χ4v) is 1.51. The zero-order chi connectivity index (χ0) is 13.8. The number of hydrogen-bond donors (Lipinski definition) is 2. The molecule has 0 aliphatic carbocycles. The second-order valence-corrected chi connectivity index (χ2v) is 4.60. The Morgan fingerprint density at radius 2 is 2.11 bits per heavy atom. The number of rotatable bonds is 11. The number of carbonyl (C=O) groups is 1. The van der Waals surface area contributed by atoms with Crippen LogP contribution in [0.1, 0.15) is 33.6 Å². The molecule has 0 fully saturated rings. The van der Waals surface area contributed by atoms with Gasteiger partial charge in [0.15, 0.2) is 0 Å². The lowest BCUT2D eigenvalue weighted by Crippen LogP contribution is -2.42. The van der Waals surface area contributed by atoms with E-state index in [1.807, 2.05) is 0 Å². The van der Waals surface area contributed by atoms with Gasteiger partial charge >= 0.3 is 0 Å².